The maximum atomic E-state index is 11.3. The Bertz CT molecular complexity index is 588. The van der Waals surface area contributed by atoms with Crippen LogP contribution in [0.3, 0.4) is 0 Å². The van der Waals surface area contributed by atoms with Crippen LogP contribution in [-0.2, 0) is 9.84 Å². The highest BCUT2D eigenvalue weighted by Gasteiger charge is 2.28. The lowest BCUT2D eigenvalue weighted by atomic mass is 10.2. The summed E-state index contributed by atoms with van der Waals surface area (Å²) in [6.45, 7) is 0. The van der Waals surface area contributed by atoms with E-state index >= 15 is 0 Å². The third-order valence-corrected chi connectivity index (χ3v) is 4.59. The van der Waals surface area contributed by atoms with Crippen LogP contribution in [0, 0.1) is 0 Å². The lowest BCUT2D eigenvalue weighted by Gasteiger charge is -2.12. The summed E-state index contributed by atoms with van der Waals surface area (Å²) in [5.74, 6) is -0.663. The van der Waals surface area contributed by atoms with Crippen LogP contribution < -0.4 is 5.32 Å². The second-order valence-corrected chi connectivity index (χ2v) is 6.73. The molecule has 0 aliphatic carbocycles. The van der Waals surface area contributed by atoms with Crippen molar-refractivity contribution in [2.75, 3.05) is 16.8 Å². The number of nitrogens with one attached hydrogen (secondary N) is 1. The molecule has 0 radical (unpaired) electrons. The molecule has 2 rings (SSSR count). The molecule has 98 valence electrons. The summed E-state index contributed by atoms with van der Waals surface area (Å²) in [4.78, 5) is 14.8. The number of carboxylic acids is 1. The van der Waals surface area contributed by atoms with E-state index < -0.39 is 15.8 Å². The molecule has 1 aromatic heterocycles. The third kappa shape index (κ3) is 3.11. The maximum absolute atomic E-state index is 11.3. The van der Waals surface area contributed by atoms with Crippen LogP contribution in [0.5, 0.6) is 0 Å². The standard InChI is InChI=1S/C10H11ClN2O4S/c11-8-3-6(10(14)15)4-9(13-8)12-7-1-2-18(16,17)5-7/h3-4,7H,1-2,5H2,(H,12,13)(H,14,15). The molecule has 1 atom stereocenters. The van der Waals surface area contributed by atoms with Crippen molar-refractivity contribution in [3.8, 4) is 0 Å². The number of aromatic carboxylic acids is 1. The van der Waals surface area contributed by atoms with Crippen molar-refractivity contribution in [2.45, 2.75) is 12.5 Å². The predicted octanol–water partition coefficient (Wildman–Crippen LogP) is 1.03. The Labute approximate surface area is 109 Å². The van der Waals surface area contributed by atoms with Crippen molar-refractivity contribution in [2.24, 2.45) is 0 Å². The molecule has 18 heavy (non-hydrogen) atoms. The van der Waals surface area contributed by atoms with E-state index in [2.05, 4.69) is 10.3 Å². The van der Waals surface area contributed by atoms with Gasteiger partial charge in [0.25, 0.3) is 0 Å². The van der Waals surface area contributed by atoms with Gasteiger partial charge >= 0.3 is 5.97 Å². The number of aromatic nitrogens is 1. The number of pyridine rings is 1. The largest absolute Gasteiger partial charge is 0.478 e. The zero-order valence-corrected chi connectivity index (χ0v) is 10.8. The number of halogens is 1. The van der Waals surface area contributed by atoms with E-state index in [9.17, 15) is 13.2 Å². The average Bonchev–Trinajstić information content (AvgIpc) is 2.57. The summed E-state index contributed by atoms with van der Waals surface area (Å²) in [5.41, 5.74) is 0.0124. The summed E-state index contributed by atoms with van der Waals surface area (Å²) in [6, 6.07) is 2.32. The van der Waals surface area contributed by atoms with E-state index in [0.29, 0.717) is 6.42 Å². The minimum absolute atomic E-state index is 0.0124. The van der Waals surface area contributed by atoms with Crippen molar-refractivity contribution in [3.05, 3.63) is 22.8 Å². The van der Waals surface area contributed by atoms with Crippen LogP contribution in [-0.4, -0.2) is 42.0 Å². The fourth-order valence-electron chi connectivity index (χ4n) is 1.81. The molecule has 1 aromatic rings. The molecule has 0 amide bonds. The molecule has 1 saturated heterocycles. The number of carboxylic acid groups (broad SMARTS) is 1. The average molecular weight is 291 g/mol. The highest BCUT2D eigenvalue weighted by molar-refractivity contribution is 7.91. The second kappa shape index (κ2) is 4.74. The summed E-state index contributed by atoms with van der Waals surface area (Å²) >= 11 is 5.70. The number of hydrogen-bond donors (Lipinski definition) is 2. The minimum atomic E-state index is -2.99. The first-order valence-corrected chi connectivity index (χ1v) is 7.43. The smallest absolute Gasteiger partial charge is 0.335 e. The van der Waals surface area contributed by atoms with Crippen molar-refractivity contribution in [3.63, 3.8) is 0 Å². The van der Waals surface area contributed by atoms with Crippen molar-refractivity contribution in [1.29, 1.82) is 0 Å². The molecule has 1 unspecified atom stereocenters. The zero-order chi connectivity index (χ0) is 13.3. The highest BCUT2D eigenvalue weighted by atomic mass is 35.5. The van der Waals surface area contributed by atoms with E-state index in [0.717, 1.165) is 0 Å². The Morgan fingerprint density at radius 1 is 1.50 bits per heavy atom. The first-order valence-electron chi connectivity index (χ1n) is 5.23. The normalized spacial score (nSPS) is 21.7. The summed E-state index contributed by atoms with van der Waals surface area (Å²) in [7, 11) is -2.99. The predicted molar refractivity (Wildman–Crippen MR) is 66.9 cm³/mol. The Kier molecular flexibility index (Phi) is 3.45. The van der Waals surface area contributed by atoms with Gasteiger partial charge in [-0.3, -0.25) is 0 Å². The summed E-state index contributed by atoms with van der Waals surface area (Å²) < 4.78 is 22.6. The number of hydrogen-bond acceptors (Lipinski definition) is 5. The van der Waals surface area contributed by atoms with Gasteiger partial charge in [0, 0.05) is 6.04 Å². The molecule has 0 spiro atoms. The SMILES string of the molecule is O=C(O)c1cc(Cl)nc(NC2CCS(=O)(=O)C2)c1. The van der Waals surface area contributed by atoms with Gasteiger partial charge in [-0.25, -0.2) is 18.2 Å². The molecule has 0 bridgehead atoms. The van der Waals surface area contributed by atoms with Crippen LogP contribution >= 0.6 is 11.6 Å². The quantitative estimate of drug-likeness (QED) is 0.807. The Morgan fingerprint density at radius 2 is 2.22 bits per heavy atom. The van der Waals surface area contributed by atoms with Gasteiger partial charge in [0.2, 0.25) is 0 Å². The second-order valence-electron chi connectivity index (χ2n) is 4.11. The number of anilines is 1. The van der Waals surface area contributed by atoms with Gasteiger partial charge in [0.05, 0.1) is 17.1 Å². The van der Waals surface area contributed by atoms with E-state index in [1.807, 2.05) is 0 Å². The lowest BCUT2D eigenvalue weighted by Crippen LogP contribution is -2.21. The van der Waals surface area contributed by atoms with Crippen LogP contribution in [0.15, 0.2) is 12.1 Å². The van der Waals surface area contributed by atoms with Crippen LogP contribution in [0.2, 0.25) is 5.15 Å². The molecule has 8 heteroatoms. The summed E-state index contributed by atoms with van der Waals surface area (Å²) in [5, 5.41) is 11.8. The van der Waals surface area contributed by atoms with E-state index in [1.54, 1.807) is 0 Å². The van der Waals surface area contributed by atoms with Crippen molar-refractivity contribution in [1.82, 2.24) is 4.98 Å². The van der Waals surface area contributed by atoms with E-state index in [4.69, 9.17) is 16.7 Å². The fourth-order valence-corrected chi connectivity index (χ4v) is 3.69. The van der Waals surface area contributed by atoms with Crippen LogP contribution in [0.25, 0.3) is 0 Å². The van der Waals surface area contributed by atoms with E-state index in [-0.39, 0.29) is 34.1 Å². The van der Waals surface area contributed by atoms with Gasteiger partial charge in [0.1, 0.15) is 11.0 Å². The van der Waals surface area contributed by atoms with Gasteiger partial charge in [0.15, 0.2) is 9.84 Å². The Hall–Kier alpha value is -1.34. The topological polar surface area (TPSA) is 96.4 Å². The number of sulfone groups is 1. The molecule has 2 N–H and O–H groups in total. The van der Waals surface area contributed by atoms with E-state index in [1.165, 1.54) is 12.1 Å². The first-order chi connectivity index (χ1) is 8.35. The lowest BCUT2D eigenvalue weighted by molar-refractivity contribution is 0.0697. The van der Waals surface area contributed by atoms with Crippen LogP contribution in [0.4, 0.5) is 5.82 Å². The minimum Gasteiger partial charge on any atom is -0.478 e. The van der Waals surface area contributed by atoms with Crippen molar-refractivity contribution >= 4 is 33.2 Å². The fraction of sp³-hybridized carbons (Fsp3) is 0.400. The molecule has 0 aromatic carbocycles. The maximum Gasteiger partial charge on any atom is 0.335 e. The zero-order valence-electron chi connectivity index (χ0n) is 9.26. The Balaban J connectivity index is 2.17. The summed E-state index contributed by atoms with van der Waals surface area (Å²) in [6.07, 6.45) is 0.485. The van der Waals surface area contributed by atoms with Gasteiger partial charge in [-0.15, -0.1) is 0 Å². The van der Waals surface area contributed by atoms with Gasteiger partial charge in [-0.2, -0.15) is 0 Å². The molecule has 6 nitrogen and oxygen atoms in total. The molecule has 1 fully saturated rings. The molecular formula is C10H11ClN2O4S. The molecular weight excluding hydrogens is 280 g/mol. The number of carbonyl (C=O) groups is 1. The molecule has 2 heterocycles. The number of nitrogens with zero attached hydrogens (tertiary/aromatic N) is 1. The Morgan fingerprint density at radius 3 is 2.78 bits per heavy atom. The monoisotopic (exact) mass is 290 g/mol. The van der Waals surface area contributed by atoms with Crippen molar-refractivity contribution < 1.29 is 18.3 Å². The van der Waals surface area contributed by atoms with Crippen LogP contribution in [0.1, 0.15) is 16.8 Å². The highest BCUT2D eigenvalue weighted by Crippen LogP contribution is 2.19. The van der Waals surface area contributed by atoms with Gasteiger partial charge < -0.3 is 10.4 Å². The van der Waals surface area contributed by atoms with Gasteiger partial charge in [-0.05, 0) is 18.6 Å². The molecule has 0 saturated carbocycles. The third-order valence-electron chi connectivity index (χ3n) is 2.63. The molecule has 1 aliphatic heterocycles. The van der Waals surface area contributed by atoms with Gasteiger partial charge in [-0.1, -0.05) is 11.6 Å². The molecule has 1 aliphatic rings. The number of rotatable bonds is 3. The first kappa shape index (κ1) is 13.1.